The van der Waals surface area contributed by atoms with E-state index in [1.54, 1.807) is 0 Å². The average Bonchev–Trinajstić information content (AvgIpc) is 2.63. The first-order valence-corrected chi connectivity index (χ1v) is 8.76. The zero-order chi connectivity index (χ0) is 21.6. The van der Waals surface area contributed by atoms with E-state index in [1.807, 2.05) is 0 Å². The molecule has 0 unspecified atom stereocenters. The van der Waals surface area contributed by atoms with Crippen LogP contribution in [0.1, 0.15) is 20.3 Å². The molecular formula is C20H21N3O6. The minimum absolute atomic E-state index is 0.0163. The molecule has 0 fully saturated rings. The minimum atomic E-state index is -0.490. The lowest BCUT2D eigenvalue weighted by molar-refractivity contribution is 0.404. The van der Waals surface area contributed by atoms with E-state index in [1.165, 1.54) is 24.3 Å². The van der Waals surface area contributed by atoms with Crippen molar-refractivity contribution in [2.75, 3.05) is 6.54 Å². The topological polar surface area (TPSA) is 160 Å². The van der Waals surface area contributed by atoms with Crippen molar-refractivity contribution < 1.29 is 24.8 Å². The van der Waals surface area contributed by atoms with E-state index in [0.717, 1.165) is 18.6 Å². The summed E-state index contributed by atoms with van der Waals surface area (Å²) in [6, 6.07) is 7.37. The second-order valence-electron chi connectivity index (χ2n) is 6.65. The van der Waals surface area contributed by atoms with Crippen molar-refractivity contribution >= 4 is 11.0 Å². The summed E-state index contributed by atoms with van der Waals surface area (Å²) in [6.45, 7) is 4.84. The van der Waals surface area contributed by atoms with Gasteiger partial charge < -0.3 is 24.8 Å². The van der Waals surface area contributed by atoms with Crippen LogP contribution in [0.2, 0.25) is 0 Å². The van der Waals surface area contributed by atoms with Crippen molar-refractivity contribution in [3.63, 3.8) is 0 Å². The van der Waals surface area contributed by atoms with Gasteiger partial charge in [-0.1, -0.05) is 19.0 Å². The van der Waals surface area contributed by atoms with Gasteiger partial charge in [0.1, 0.15) is 28.2 Å². The molecule has 3 aromatic rings. The van der Waals surface area contributed by atoms with Crippen LogP contribution in [0.5, 0.6) is 23.0 Å². The lowest BCUT2D eigenvalue weighted by atomic mass is 10.1. The van der Waals surface area contributed by atoms with E-state index >= 15 is 0 Å². The Kier molecular flexibility index (Phi) is 6.94. The highest BCUT2D eigenvalue weighted by molar-refractivity contribution is 5.86. The van der Waals surface area contributed by atoms with E-state index in [2.05, 4.69) is 23.9 Å². The highest BCUT2D eigenvalue weighted by Gasteiger charge is 2.13. The molecule has 0 amide bonds. The second-order valence-corrected chi connectivity index (χ2v) is 6.65. The molecule has 0 aliphatic heterocycles. The fourth-order valence-corrected chi connectivity index (χ4v) is 2.43. The number of hydrogen-bond donors (Lipinski definition) is 4. The van der Waals surface area contributed by atoms with Gasteiger partial charge >= 0.3 is 0 Å². The summed E-state index contributed by atoms with van der Waals surface area (Å²) in [5.41, 5.74) is 7.73. The molecule has 0 saturated heterocycles. The van der Waals surface area contributed by atoms with Gasteiger partial charge in [-0.25, -0.2) is 0 Å². The number of hydrogen-bond acceptors (Lipinski definition) is 7. The van der Waals surface area contributed by atoms with E-state index in [4.69, 9.17) is 9.95 Å². The van der Waals surface area contributed by atoms with Crippen LogP contribution in [0.15, 0.2) is 50.7 Å². The normalized spacial score (nSPS) is 10.3. The lowest BCUT2D eigenvalue weighted by Crippen LogP contribution is -2.00. The molecule has 0 aliphatic carbocycles. The van der Waals surface area contributed by atoms with Crippen molar-refractivity contribution in [2.45, 2.75) is 20.3 Å². The Hall–Kier alpha value is -3.84. The third-order valence-electron chi connectivity index (χ3n) is 3.92. The molecular weight excluding hydrogens is 378 g/mol. The Bertz CT molecular complexity index is 1120. The first-order chi connectivity index (χ1) is 13.7. The van der Waals surface area contributed by atoms with Crippen LogP contribution in [0, 0.1) is 5.92 Å². The Labute approximate surface area is 165 Å². The fraction of sp³-hybridized carbons (Fsp3) is 0.250. The largest absolute Gasteiger partial charge is 0.508 e. The predicted octanol–water partition coefficient (Wildman–Crippen LogP) is 4.63. The summed E-state index contributed by atoms with van der Waals surface area (Å²) < 4.78 is 5.47. The molecule has 1 aromatic heterocycles. The summed E-state index contributed by atoms with van der Waals surface area (Å²) in [5.74, 6) is -0.493. The average molecular weight is 399 g/mol. The van der Waals surface area contributed by atoms with Crippen LogP contribution in [-0.2, 0) is 0 Å². The number of rotatable bonds is 4. The zero-order valence-electron chi connectivity index (χ0n) is 15.9. The molecule has 29 heavy (non-hydrogen) atoms. The van der Waals surface area contributed by atoms with Crippen LogP contribution in [0.25, 0.3) is 32.7 Å². The first kappa shape index (κ1) is 21.5. The van der Waals surface area contributed by atoms with Gasteiger partial charge in [0.25, 0.3) is 0 Å². The smallest absolute Gasteiger partial charge is 0.197 e. The molecule has 0 bridgehead atoms. The van der Waals surface area contributed by atoms with E-state index in [0.29, 0.717) is 18.0 Å². The van der Waals surface area contributed by atoms with Crippen molar-refractivity contribution in [1.29, 1.82) is 0 Å². The number of phenolic OH excluding ortho intramolecular Hbond substituents is 4. The molecule has 0 radical (unpaired) electrons. The maximum Gasteiger partial charge on any atom is 0.197 e. The van der Waals surface area contributed by atoms with Gasteiger partial charge in [-0.15, -0.1) is 0 Å². The van der Waals surface area contributed by atoms with Gasteiger partial charge in [0, 0.05) is 35.2 Å². The van der Waals surface area contributed by atoms with E-state index in [-0.39, 0.29) is 39.7 Å². The maximum absolute atomic E-state index is 12.0. The van der Waals surface area contributed by atoms with Gasteiger partial charge in [-0.3, -0.25) is 4.79 Å². The number of azide groups is 1. The number of fused-ring (bicyclic) bond motifs is 1. The second kappa shape index (κ2) is 9.38. The highest BCUT2D eigenvalue weighted by Crippen LogP contribution is 2.33. The van der Waals surface area contributed by atoms with E-state index in [9.17, 15) is 25.2 Å². The summed E-state index contributed by atoms with van der Waals surface area (Å²) in [4.78, 5) is 14.7. The molecule has 3 rings (SSSR count). The van der Waals surface area contributed by atoms with Crippen LogP contribution in [0.3, 0.4) is 0 Å². The summed E-state index contributed by atoms with van der Waals surface area (Å²) in [6.07, 6.45) is 0.990. The number of nitrogens with zero attached hydrogens (tertiary/aromatic N) is 3. The Morgan fingerprint density at radius 1 is 1.03 bits per heavy atom. The van der Waals surface area contributed by atoms with Crippen molar-refractivity contribution in [1.82, 2.24) is 0 Å². The molecule has 9 heteroatoms. The Morgan fingerprint density at radius 2 is 1.76 bits per heavy atom. The minimum Gasteiger partial charge on any atom is -0.508 e. The van der Waals surface area contributed by atoms with Gasteiger partial charge in [-0.05, 0) is 36.1 Å². The lowest BCUT2D eigenvalue weighted by Gasteiger charge is -2.06. The van der Waals surface area contributed by atoms with Gasteiger partial charge in [0.15, 0.2) is 16.9 Å². The summed E-state index contributed by atoms with van der Waals surface area (Å²) in [7, 11) is 0. The monoisotopic (exact) mass is 399 g/mol. The molecule has 1 heterocycles. The molecule has 0 aliphatic rings. The highest BCUT2D eigenvalue weighted by atomic mass is 16.3. The Morgan fingerprint density at radius 3 is 2.38 bits per heavy atom. The molecule has 0 saturated carbocycles. The maximum atomic E-state index is 12.0. The third kappa shape index (κ3) is 5.57. The predicted molar refractivity (Wildman–Crippen MR) is 108 cm³/mol. The van der Waals surface area contributed by atoms with Crippen LogP contribution in [0.4, 0.5) is 0 Å². The summed E-state index contributed by atoms with van der Waals surface area (Å²) in [5, 5.41) is 41.2. The molecule has 152 valence electrons. The van der Waals surface area contributed by atoms with Crippen molar-refractivity contribution in [3.8, 4) is 34.3 Å². The number of phenols is 4. The standard InChI is InChI=1S/C15H10O6.C5H11N3/c16-8-4-11(19)15-12(20)6-13(21-14(15)5-8)7-1-2-9(17)10(18)3-7;1-5(2)3-4-7-8-6/h1-6,16-19H;5H,3-4H2,1-2H3. The van der Waals surface area contributed by atoms with Gasteiger partial charge in [0.2, 0.25) is 0 Å². The first-order valence-electron chi connectivity index (χ1n) is 8.76. The quantitative estimate of drug-likeness (QED) is 0.217. The molecule has 0 atom stereocenters. The van der Waals surface area contributed by atoms with Crippen LogP contribution in [-0.4, -0.2) is 27.0 Å². The molecule has 2 aromatic carbocycles. The summed E-state index contributed by atoms with van der Waals surface area (Å²) >= 11 is 0. The molecule has 9 nitrogen and oxygen atoms in total. The zero-order valence-corrected chi connectivity index (χ0v) is 15.9. The SMILES string of the molecule is CC(C)CCN=[N+]=[N-].O=c1cc(-c2ccc(O)c(O)c2)oc2cc(O)cc(O)c12. The van der Waals surface area contributed by atoms with Gasteiger partial charge in [0.05, 0.1) is 0 Å². The Balaban J connectivity index is 0.000000321. The van der Waals surface area contributed by atoms with E-state index < -0.39 is 5.43 Å². The van der Waals surface area contributed by atoms with Crippen LogP contribution < -0.4 is 5.43 Å². The van der Waals surface area contributed by atoms with Crippen molar-refractivity contribution in [2.24, 2.45) is 11.0 Å². The van der Waals surface area contributed by atoms with Gasteiger partial charge in [-0.2, -0.15) is 0 Å². The van der Waals surface area contributed by atoms with Crippen LogP contribution >= 0.6 is 0 Å². The number of benzene rings is 2. The van der Waals surface area contributed by atoms with Crippen molar-refractivity contribution in [3.05, 3.63) is 57.1 Å². The third-order valence-corrected chi connectivity index (χ3v) is 3.92. The number of aromatic hydroxyl groups is 4. The molecule has 0 spiro atoms. The fourth-order valence-electron chi connectivity index (χ4n) is 2.43. The molecule has 4 N–H and O–H groups in total.